The number of hydrogen-bond acceptors (Lipinski definition) is 3. The summed E-state index contributed by atoms with van der Waals surface area (Å²) in [6.07, 6.45) is 4.02. The molecule has 0 aliphatic carbocycles. The molecule has 2 heterocycles. The lowest BCUT2D eigenvalue weighted by molar-refractivity contribution is -0.116. The summed E-state index contributed by atoms with van der Waals surface area (Å²) in [7, 11) is 0. The highest BCUT2D eigenvalue weighted by Crippen LogP contribution is 2.25. The number of pyridine rings is 1. The number of H-pyrrole nitrogens is 1. The van der Waals surface area contributed by atoms with Gasteiger partial charge in [0, 0.05) is 29.9 Å². The predicted molar refractivity (Wildman–Crippen MR) is 94.9 cm³/mol. The largest absolute Gasteiger partial charge is 0.309 e. The average molecular weight is 359 g/mol. The molecule has 7 heteroatoms. The van der Waals surface area contributed by atoms with Crippen LogP contribution in [0.5, 0.6) is 0 Å². The van der Waals surface area contributed by atoms with Crippen LogP contribution in [0.2, 0.25) is 5.02 Å². The van der Waals surface area contributed by atoms with Crippen molar-refractivity contribution in [2.75, 3.05) is 5.32 Å². The summed E-state index contributed by atoms with van der Waals surface area (Å²) in [5, 5.41) is 9.94. The third-order valence-electron chi connectivity index (χ3n) is 3.86. The van der Waals surface area contributed by atoms with Crippen molar-refractivity contribution < 1.29 is 9.18 Å². The highest BCUT2D eigenvalue weighted by atomic mass is 35.5. The lowest BCUT2D eigenvalue weighted by Gasteiger charge is -2.05. The summed E-state index contributed by atoms with van der Waals surface area (Å²) in [5.74, 6) is -0.185. The van der Waals surface area contributed by atoms with Crippen molar-refractivity contribution in [3.8, 4) is 11.3 Å². The Morgan fingerprint density at radius 3 is 2.76 bits per heavy atom. The van der Waals surface area contributed by atoms with Crippen molar-refractivity contribution >= 4 is 23.3 Å². The molecule has 0 aliphatic heterocycles. The van der Waals surface area contributed by atoms with E-state index in [4.69, 9.17) is 11.6 Å². The molecule has 0 bridgehead atoms. The van der Waals surface area contributed by atoms with Crippen LogP contribution in [0.3, 0.4) is 0 Å². The molecule has 0 radical (unpaired) electrons. The SMILES string of the molecule is Cc1c(NC(=O)CCc2ccc(Cl)c(F)c2)n[nH]c1-c1ccncc1. The summed E-state index contributed by atoms with van der Waals surface area (Å²) in [4.78, 5) is 16.1. The number of halogens is 2. The minimum absolute atomic E-state index is 0.0731. The molecule has 1 aromatic carbocycles. The van der Waals surface area contributed by atoms with Gasteiger partial charge in [-0.2, -0.15) is 5.10 Å². The van der Waals surface area contributed by atoms with Crippen molar-refractivity contribution in [2.24, 2.45) is 0 Å². The van der Waals surface area contributed by atoms with Crippen molar-refractivity contribution in [3.05, 3.63) is 64.7 Å². The van der Waals surface area contributed by atoms with E-state index in [1.165, 1.54) is 12.1 Å². The Kier molecular flexibility index (Phi) is 5.09. The maximum atomic E-state index is 13.4. The first-order valence-corrected chi connectivity index (χ1v) is 8.11. The molecule has 3 rings (SSSR count). The maximum Gasteiger partial charge on any atom is 0.225 e. The molecule has 0 fully saturated rings. The highest BCUT2D eigenvalue weighted by molar-refractivity contribution is 6.30. The highest BCUT2D eigenvalue weighted by Gasteiger charge is 2.13. The topological polar surface area (TPSA) is 70.7 Å². The molecule has 1 amide bonds. The maximum absolute atomic E-state index is 13.4. The summed E-state index contributed by atoms with van der Waals surface area (Å²) in [6.45, 7) is 1.88. The number of carbonyl (C=O) groups is 1. The van der Waals surface area contributed by atoms with E-state index in [0.29, 0.717) is 17.8 Å². The zero-order valence-electron chi connectivity index (χ0n) is 13.5. The number of nitrogens with zero attached hydrogens (tertiary/aromatic N) is 2. The number of nitrogens with one attached hydrogen (secondary N) is 2. The van der Waals surface area contributed by atoms with Gasteiger partial charge in [-0.05, 0) is 43.2 Å². The zero-order chi connectivity index (χ0) is 17.8. The van der Waals surface area contributed by atoms with E-state index < -0.39 is 5.82 Å². The Morgan fingerprint density at radius 2 is 2.04 bits per heavy atom. The van der Waals surface area contributed by atoms with Gasteiger partial charge in [0.25, 0.3) is 0 Å². The lowest BCUT2D eigenvalue weighted by Crippen LogP contribution is -2.13. The fourth-order valence-corrected chi connectivity index (χ4v) is 2.58. The Hall–Kier alpha value is -2.73. The predicted octanol–water partition coefficient (Wildman–Crippen LogP) is 4.14. The standard InChI is InChI=1S/C18H16ClFN4O/c1-11-17(13-6-8-21-9-7-13)23-24-18(11)22-16(25)5-3-12-2-4-14(19)15(20)10-12/h2,4,6-10H,3,5H2,1H3,(H2,22,23,24,25). The second-order valence-corrected chi connectivity index (χ2v) is 6.01. The number of amides is 1. The first kappa shape index (κ1) is 17.1. The van der Waals surface area contributed by atoms with Crippen molar-refractivity contribution in [1.29, 1.82) is 0 Å². The van der Waals surface area contributed by atoms with Gasteiger partial charge in [0.2, 0.25) is 5.91 Å². The number of carbonyl (C=O) groups excluding carboxylic acids is 1. The molecule has 0 atom stereocenters. The molecule has 25 heavy (non-hydrogen) atoms. The molecular formula is C18H16ClFN4O. The third kappa shape index (κ3) is 4.03. The smallest absolute Gasteiger partial charge is 0.225 e. The lowest BCUT2D eigenvalue weighted by atomic mass is 10.1. The van der Waals surface area contributed by atoms with Gasteiger partial charge < -0.3 is 5.32 Å². The van der Waals surface area contributed by atoms with Gasteiger partial charge in [0.1, 0.15) is 5.82 Å². The summed E-state index contributed by atoms with van der Waals surface area (Å²) in [6, 6.07) is 8.27. The van der Waals surface area contributed by atoms with Crippen LogP contribution in [0, 0.1) is 12.7 Å². The molecule has 0 saturated heterocycles. The molecule has 0 saturated carbocycles. The zero-order valence-corrected chi connectivity index (χ0v) is 14.3. The Balaban J connectivity index is 1.63. The minimum Gasteiger partial charge on any atom is -0.309 e. The van der Waals surface area contributed by atoms with Crippen molar-refractivity contribution in [2.45, 2.75) is 19.8 Å². The van der Waals surface area contributed by atoms with Gasteiger partial charge in [0.15, 0.2) is 5.82 Å². The van der Waals surface area contributed by atoms with Crippen LogP contribution in [-0.2, 0) is 11.2 Å². The summed E-state index contributed by atoms with van der Waals surface area (Å²) >= 11 is 5.65. The summed E-state index contributed by atoms with van der Waals surface area (Å²) < 4.78 is 13.4. The van der Waals surface area contributed by atoms with Crippen LogP contribution in [0.15, 0.2) is 42.7 Å². The number of benzene rings is 1. The van der Waals surface area contributed by atoms with E-state index >= 15 is 0 Å². The van der Waals surface area contributed by atoms with Crippen molar-refractivity contribution in [3.63, 3.8) is 0 Å². The Morgan fingerprint density at radius 1 is 1.28 bits per heavy atom. The number of anilines is 1. The van der Waals surface area contributed by atoms with E-state index in [1.54, 1.807) is 18.5 Å². The molecule has 0 spiro atoms. The number of aromatic amines is 1. The van der Waals surface area contributed by atoms with E-state index in [-0.39, 0.29) is 17.4 Å². The Labute approximate surface area is 149 Å². The van der Waals surface area contributed by atoms with Gasteiger partial charge in [-0.1, -0.05) is 17.7 Å². The number of aryl methyl sites for hydroxylation is 1. The quantitative estimate of drug-likeness (QED) is 0.720. The first-order chi connectivity index (χ1) is 12.0. The second kappa shape index (κ2) is 7.44. The molecule has 5 nitrogen and oxygen atoms in total. The number of rotatable bonds is 5. The third-order valence-corrected chi connectivity index (χ3v) is 4.17. The molecule has 2 aromatic heterocycles. The molecule has 0 aliphatic rings. The normalized spacial score (nSPS) is 10.7. The van der Waals surface area contributed by atoms with E-state index in [2.05, 4.69) is 20.5 Å². The van der Waals surface area contributed by atoms with Gasteiger partial charge in [-0.3, -0.25) is 14.9 Å². The van der Waals surface area contributed by atoms with Gasteiger partial charge in [-0.15, -0.1) is 0 Å². The fourth-order valence-electron chi connectivity index (χ4n) is 2.47. The van der Waals surface area contributed by atoms with Crippen LogP contribution < -0.4 is 5.32 Å². The Bertz CT molecular complexity index is 895. The van der Waals surface area contributed by atoms with Gasteiger partial charge in [-0.25, -0.2) is 4.39 Å². The van der Waals surface area contributed by atoms with Gasteiger partial charge in [0.05, 0.1) is 10.7 Å². The van der Waals surface area contributed by atoms with Gasteiger partial charge >= 0.3 is 0 Å². The summed E-state index contributed by atoms with van der Waals surface area (Å²) in [5.41, 5.74) is 3.33. The van der Waals surface area contributed by atoms with E-state index in [1.807, 2.05) is 19.1 Å². The number of hydrogen-bond donors (Lipinski definition) is 2. The number of aromatic nitrogens is 3. The van der Waals surface area contributed by atoms with Crippen molar-refractivity contribution in [1.82, 2.24) is 15.2 Å². The van der Waals surface area contributed by atoms with E-state index in [0.717, 1.165) is 16.8 Å². The fraction of sp³-hybridized carbons (Fsp3) is 0.167. The molecule has 2 N–H and O–H groups in total. The second-order valence-electron chi connectivity index (χ2n) is 5.60. The van der Waals surface area contributed by atoms with Crippen LogP contribution >= 0.6 is 11.6 Å². The van der Waals surface area contributed by atoms with Crippen LogP contribution in [0.25, 0.3) is 11.3 Å². The first-order valence-electron chi connectivity index (χ1n) is 7.73. The minimum atomic E-state index is -0.482. The monoisotopic (exact) mass is 358 g/mol. The molecule has 128 valence electrons. The molecule has 3 aromatic rings. The average Bonchev–Trinajstić information content (AvgIpc) is 2.97. The van der Waals surface area contributed by atoms with E-state index in [9.17, 15) is 9.18 Å². The van der Waals surface area contributed by atoms with Crippen LogP contribution in [0.1, 0.15) is 17.5 Å². The van der Waals surface area contributed by atoms with Crippen LogP contribution in [0.4, 0.5) is 10.2 Å². The van der Waals surface area contributed by atoms with Crippen LogP contribution in [-0.4, -0.2) is 21.1 Å². The molecular weight excluding hydrogens is 343 g/mol. The molecule has 0 unspecified atom stereocenters.